The molecule has 0 aromatic heterocycles. The van der Waals surface area contributed by atoms with Crippen LogP contribution in [0.15, 0.2) is 0 Å². The zero-order valence-corrected chi connectivity index (χ0v) is 12.4. The number of hydrogen-bond donors (Lipinski definition) is 1. The molecule has 0 unspecified atom stereocenters. The number of thioether (sulfide) groups is 1. The van der Waals surface area contributed by atoms with Crippen molar-refractivity contribution in [3.8, 4) is 0 Å². The summed E-state index contributed by atoms with van der Waals surface area (Å²) in [5.74, 6) is 0.401. The number of nitrogens with zero attached hydrogens (tertiary/aromatic N) is 1. The van der Waals surface area contributed by atoms with Crippen molar-refractivity contribution >= 4 is 17.7 Å². The lowest BCUT2D eigenvalue weighted by molar-refractivity contribution is -0.136. The van der Waals surface area contributed by atoms with Crippen LogP contribution in [0.3, 0.4) is 0 Å². The molecule has 2 fully saturated rings. The van der Waals surface area contributed by atoms with Gasteiger partial charge in [0.15, 0.2) is 0 Å². The van der Waals surface area contributed by atoms with Crippen molar-refractivity contribution in [3.05, 3.63) is 0 Å². The largest absolute Gasteiger partial charge is 0.340 e. The van der Waals surface area contributed by atoms with Crippen LogP contribution in [-0.4, -0.2) is 40.4 Å². The molecule has 0 aromatic rings. The van der Waals surface area contributed by atoms with E-state index in [4.69, 9.17) is 5.73 Å². The van der Waals surface area contributed by atoms with Crippen LogP contribution in [-0.2, 0) is 4.79 Å². The Morgan fingerprint density at radius 2 is 1.72 bits per heavy atom. The summed E-state index contributed by atoms with van der Waals surface area (Å²) in [6.45, 7) is 6.23. The van der Waals surface area contributed by atoms with Gasteiger partial charge in [-0.1, -0.05) is 33.1 Å². The van der Waals surface area contributed by atoms with Gasteiger partial charge in [0, 0.05) is 29.6 Å². The summed E-state index contributed by atoms with van der Waals surface area (Å²) >= 11 is 1.99. The first-order valence-corrected chi connectivity index (χ1v) is 8.22. The fraction of sp³-hybridized carbons (Fsp3) is 0.929. The summed E-state index contributed by atoms with van der Waals surface area (Å²) in [7, 11) is 0. The molecule has 18 heavy (non-hydrogen) atoms. The highest BCUT2D eigenvalue weighted by molar-refractivity contribution is 8.00. The van der Waals surface area contributed by atoms with E-state index in [1.54, 1.807) is 0 Å². The Kier molecular flexibility index (Phi) is 4.96. The molecule has 4 heteroatoms. The predicted octanol–water partition coefficient (Wildman–Crippen LogP) is 2.25. The van der Waals surface area contributed by atoms with Gasteiger partial charge in [0.1, 0.15) is 0 Å². The number of carbonyl (C=O) groups excluding carboxylic acids is 1. The highest BCUT2D eigenvalue weighted by Gasteiger charge is 2.33. The van der Waals surface area contributed by atoms with E-state index in [9.17, 15) is 4.79 Å². The fourth-order valence-corrected chi connectivity index (χ4v) is 4.56. The quantitative estimate of drug-likeness (QED) is 0.743. The van der Waals surface area contributed by atoms with Gasteiger partial charge in [0.25, 0.3) is 0 Å². The van der Waals surface area contributed by atoms with E-state index >= 15 is 0 Å². The van der Waals surface area contributed by atoms with Crippen LogP contribution in [0.25, 0.3) is 0 Å². The molecule has 0 spiro atoms. The Balaban J connectivity index is 2.00. The maximum Gasteiger partial charge on any atom is 0.227 e. The smallest absolute Gasteiger partial charge is 0.227 e. The van der Waals surface area contributed by atoms with E-state index in [2.05, 4.69) is 18.7 Å². The Labute approximate surface area is 115 Å². The molecular formula is C14H26N2OS. The Hall–Kier alpha value is -0.220. The lowest BCUT2D eigenvalue weighted by atomic mass is 9.93. The van der Waals surface area contributed by atoms with Gasteiger partial charge in [-0.05, 0) is 12.8 Å². The topological polar surface area (TPSA) is 46.3 Å². The molecule has 1 aliphatic heterocycles. The van der Waals surface area contributed by atoms with Crippen LogP contribution in [0.5, 0.6) is 0 Å². The molecular weight excluding hydrogens is 244 g/mol. The van der Waals surface area contributed by atoms with Crippen molar-refractivity contribution in [2.75, 3.05) is 13.1 Å². The first-order valence-electron chi connectivity index (χ1n) is 7.27. The maximum absolute atomic E-state index is 12.6. The van der Waals surface area contributed by atoms with E-state index in [1.807, 2.05) is 11.8 Å². The third kappa shape index (κ3) is 3.41. The van der Waals surface area contributed by atoms with Crippen LogP contribution in [0.4, 0.5) is 0 Å². The second-order valence-electron chi connectivity index (χ2n) is 5.91. The number of rotatable bonds is 1. The minimum absolute atomic E-state index is 0.0787. The summed E-state index contributed by atoms with van der Waals surface area (Å²) in [5.41, 5.74) is 6.20. The van der Waals surface area contributed by atoms with Crippen molar-refractivity contribution in [1.29, 1.82) is 0 Å². The molecule has 104 valence electrons. The molecule has 2 aliphatic rings. The average molecular weight is 270 g/mol. The monoisotopic (exact) mass is 270 g/mol. The van der Waals surface area contributed by atoms with Gasteiger partial charge < -0.3 is 10.6 Å². The van der Waals surface area contributed by atoms with Gasteiger partial charge in [-0.25, -0.2) is 0 Å². The molecule has 1 aliphatic carbocycles. The van der Waals surface area contributed by atoms with Crippen molar-refractivity contribution in [2.24, 2.45) is 11.7 Å². The second kappa shape index (κ2) is 6.29. The van der Waals surface area contributed by atoms with Crippen molar-refractivity contribution < 1.29 is 4.79 Å². The summed E-state index contributed by atoms with van der Waals surface area (Å²) in [5, 5.41) is 1.11. The number of amides is 1. The minimum atomic E-state index is 0.0787. The maximum atomic E-state index is 12.6. The summed E-state index contributed by atoms with van der Waals surface area (Å²) in [4.78, 5) is 14.7. The standard InChI is InChI=1S/C14H26N2OS/c1-10-8-16(9-11(2)18-10)14(17)12-6-4-3-5-7-13(12)15/h10-13H,3-9,15H2,1-2H3/t10-,11+,12-,13-/m1/s1. The minimum Gasteiger partial charge on any atom is -0.340 e. The highest BCUT2D eigenvalue weighted by Crippen LogP contribution is 2.29. The van der Waals surface area contributed by atoms with Gasteiger partial charge in [0.2, 0.25) is 5.91 Å². The lowest BCUT2D eigenvalue weighted by Gasteiger charge is -2.37. The SMILES string of the molecule is C[C@@H]1CN(C(=O)[C@@H]2CCCCC[C@H]2N)C[C@H](C)S1. The zero-order valence-electron chi connectivity index (χ0n) is 11.6. The van der Waals surface area contributed by atoms with Gasteiger partial charge in [0.05, 0.1) is 5.92 Å². The number of carbonyl (C=O) groups is 1. The molecule has 2 N–H and O–H groups in total. The molecule has 0 aromatic carbocycles. The average Bonchev–Trinajstić information content (AvgIpc) is 2.51. The van der Waals surface area contributed by atoms with Gasteiger partial charge in [-0.2, -0.15) is 11.8 Å². The molecule has 2 rings (SSSR count). The summed E-state index contributed by atoms with van der Waals surface area (Å²) < 4.78 is 0. The molecule has 1 saturated carbocycles. The van der Waals surface area contributed by atoms with Crippen LogP contribution in [0, 0.1) is 5.92 Å². The summed E-state index contributed by atoms with van der Waals surface area (Å²) in [6.07, 6.45) is 5.60. The fourth-order valence-electron chi connectivity index (χ4n) is 3.24. The van der Waals surface area contributed by atoms with Crippen LogP contribution < -0.4 is 5.73 Å². The predicted molar refractivity (Wildman–Crippen MR) is 77.6 cm³/mol. The second-order valence-corrected chi connectivity index (χ2v) is 7.79. The Morgan fingerprint density at radius 3 is 2.39 bits per heavy atom. The van der Waals surface area contributed by atoms with Crippen LogP contribution >= 0.6 is 11.8 Å². The van der Waals surface area contributed by atoms with E-state index in [0.717, 1.165) is 32.4 Å². The molecule has 3 nitrogen and oxygen atoms in total. The molecule has 1 heterocycles. The van der Waals surface area contributed by atoms with Crippen molar-refractivity contribution in [2.45, 2.75) is 62.5 Å². The molecule has 1 saturated heterocycles. The van der Waals surface area contributed by atoms with Gasteiger partial charge in [-0.15, -0.1) is 0 Å². The van der Waals surface area contributed by atoms with Gasteiger partial charge >= 0.3 is 0 Å². The van der Waals surface area contributed by atoms with Crippen LogP contribution in [0.2, 0.25) is 0 Å². The lowest BCUT2D eigenvalue weighted by Crippen LogP contribution is -2.50. The highest BCUT2D eigenvalue weighted by atomic mass is 32.2. The Bertz CT molecular complexity index is 288. The molecule has 0 bridgehead atoms. The van der Waals surface area contributed by atoms with Crippen molar-refractivity contribution in [3.63, 3.8) is 0 Å². The first-order chi connectivity index (χ1) is 8.58. The van der Waals surface area contributed by atoms with E-state index in [1.165, 1.54) is 12.8 Å². The van der Waals surface area contributed by atoms with Gasteiger partial charge in [-0.3, -0.25) is 4.79 Å². The molecule has 4 atom stereocenters. The Morgan fingerprint density at radius 1 is 1.11 bits per heavy atom. The third-order valence-corrected chi connectivity index (χ3v) is 5.35. The first kappa shape index (κ1) is 14.2. The summed E-state index contributed by atoms with van der Waals surface area (Å²) in [6, 6.07) is 0.0835. The number of nitrogens with two attached hydrogens (primary N) is 1. The molecule has 1 amide bonds. The zero-order chi connectivity index (χ0) is 13.1. The van der Waals surface area contributed by atoms with E-state index in [-0.39, 0.29) is 12.0 Å². The van der Waals surface area contributed by atoms with E-state index in [0.29, 0.717) is 16.4 Å². The third-order valence-electron chi connectivity index (χ3n) is 4.12. The van der Waals surface area contributed by atoms with E-state index < -0.39 is 0 Å². The normalized spacial score (nSPS) is 38.3. The van der Waals surface area contributed by atoms with Crippen molar-refractivity contribution in [1.82, 2.24) is 4.90 Å². The molecule has 0 radical (unpaired) electrons. The number of hydrogen-bond acceptors (Lipinski definition) is 3. The van der Waals surface area contributed by atoms with Crippen LogP contribution in [0.1, 0.15) is 46.0 Å².